The van der Waals surface area contributed by atoms with E-state index in [1.165, 1.54) is 5.69 Å². The van der Waals surface area contributed by atoms with Crippen LogP contribution in [-0.2, 0) is 4.74 Å². The minimum absolute atomic E-state index is 0.0648. The standard InChI is InChI=1S/C15H24N2O2/c1-12(11-18-2)19-15-5-3-4-14(10-15)17-8-6-13(16)7-9-17/h3-5,10,12-13H,6-9,11,16H2,1-2H3. The first-order valence-electron chi connectivity index (χ1n) is 6.95. The van der Waals surface area contributed by atoms with E-state index in [-0.39, 0.29) is 6.10 Å². The van der Waals surface area contributed by atoms with E-state index in [1.807, 2.05) is 19.1 Å². The summed E-state index contributed by atoms with van der Waals surface area (Å²) in [6.45, 7) is 4.66. The third-order valence-corrected chi connectivity index (χ3v) is 3.46. The molecule has 1 atom stereocenters. The average molecular weight is 264 g/mol. The molecule has 1 aromatic rings. The quantitative estimate of drug-likeness (QED) is 0.884. The maximum absolute atomic E-state index is 5.94. The first-order valence-corrected chi connectivity index (χ1v) is 6.95. The van der Waals surface area contributed by atoms with Crippen LogP contribution in [0.5, 0.6) is 5.75 Å². The molecule has 1 aliphatic heterocycles. The summed E-state index contributed by atoms with van der Waals surface area (Å²) in [6.07, 6.45) is 2.19. The summed E-state index contributed by atoms with van der Waals surface area (Å²) in [5, 5.41) is 0. The zero-order chi connectivity index (χ0) is 13.7. The van der Waals surface area contributed by atoms with Crippen LogP contribution in [-0.4, -0.2) is 39.0 Å². The van der Waals surface area contributed by atoms with E-state index in [1.54, 1.807) is 7.11 Å². The molecule has 0 bridgehead atoms. The summed E-state index contributed by atoms with van der Waals surface area (Å²) in [5.74, 6) is 0.900. The molecule has 1 fully saturated rings. The van der Waals surface area contributed by atoms with Crippen LogP contribution in [0.3, 0.4) is 0 Å². The normalized spacial score (nSPS) is 18.4. The zero-order valence-corrected chi connectivity index (χ0v) is 11.8. The van der Waals surface area contributed by atoms with Gasteiger partial charge in [0.2, 0.25) is 0 Å². The Balaban J connectivity index is 1.98. The highest BCUT2D eigenvalue weighted by Crippen LogP contribution is 2.24. The highest BCUT2D eigenvalue weighted by molar-refractivity contribution is 5.51. The van der Waals surface area contributed by atoms with Crippen molar-refractivity contribution in [2.45, 2.75) is 31.9 Å². The van der Waals surface area contributed by atoms with E-state index in [0.29, 0.717) is 12.6 Å². The molecule has 4 heteroatoms. The van der Waals surface area contributed by atoms with Crippen molar-refractivity contribution in [2.75, 3.05) is 31.7 Å². The van der Waals surface area contributed by atoms with Crippen molar-refractivity contribution in [3.8, 4) is 5.75 Å². The van der Waals surface area contributed by atoms with E-state index in [0.717, 1.165) is 31.7 Å². The van der Waals surface area contributed by atoms with Crippen LogP contribution < -0.4 is 15.4 Å². The average Bonchev–Trinajstić information content (AvgIpc) is 2.40. The Morgan fingerprint density at radius 3 is 2.79 bits per heavy atom. The Kier molecular flexibility index (Phi) is 5.05. The molecule has 0 aliphatic carbocycles. The fourth-order valence-corrected chi connectivity index (χ4v) is 2.41. The molecule has 2 N–H and O–H groups in total. The molecule has 1 unspecified atom stereocenters. The third-order valence-electron chi connectivity index (χ3n) is 3.46. The molecule has 106 valence electrons. The van der Waals surface area contributed by atoms with E-state index in [4.69, 9.17) is 15.2 Å². The van der Waals surface area contributed by atoms with Crippen molar-refractivity contribution in [3.63, 3.8) is 0 Å². The Hall–Kier alpha value is -1.26. The van der Waals surface area contributed by atoms with Crippen LogP contribution in [0.1, 0.15) is 19.8 Å². The molecule has 2 rings (SSSR count). The van der Waals surface area contributed by atoms with E-state index < -0.39 is 0 Å². The van der Waals surface area contributed by atoms with Crippen molar-refractivity contribution in [1.29, 1.82) is 0 Å². The van der Waals surface area contributed by atoms with Gasteiger partial charge < -0.3 is 20.1 Å². The first-order chi connectivity index (χ1) is 9.19. The zero-order valence-electron chi connectivity index (χ0n) is 11.8. The van der Waals surface area contributed by atoms with E-state index >= 15 is 0 Å². The van der Waals surface area contributed by atoms with Gasteiger partial charge in [0.15, 0.2) is 0 Å². The second-order valence-electron chi connectivity index (χ2n) is 5.21. The summed E-state index contributed by atoms with van der Waals surface area (Å²) in [6, 6.07) is 8.62. The van der Waals surface area contributed by atoms with Crippen LogP contribution in [0.25, 0.3) is 0 Å². The lowest BCUT2D eigenvalue weighted by molar-refractivity contribution is 0.0921. The van der Waals surface area contributed by atoms with E-state index in [9.17, 15) is 0 Å². The van der Waals surface area contributed by atoms with Gasteiger partial charge in [-0.25, -0.2) is 0 Å². The molecule has 4 nitrogen and oxygen atoms in total. The summed E-state index contributed by atoms with van der Waals surface area (Å²) in [7, 11) is 1.69. The SMILES string of the molecule is COCC(C)Oc1cccc(N2CCC(N)CC2)c1. The Morgan fingerprint density at radius 2 is 2.11 bits per heavy atom. The topological polar surface area (TPSA) is 47.7 Å². The molecular formula is C15H24N2O2. The molecule has 1 aromatic carbocycles. The molecule has 19 heavy (non-hydrogen) atoms. The Morgan fingerprint density at radius 1 is 1.37 bits per heavy atom. The molecule has 0 saturated carbocycles. The molecule has 0 aromatic heterocycles. The van der Waals surface area contributed by atoms with Crippen LogP contribution in [0.2, 0.25) is 0 Å². The number of benzene rings is 1. The number of methoxy groups -OCH3 is 1. The fraction of sp³-hybridized carbons (Fsp3) is 0.600. The van der Waals surface area contributed by atoms with Gasteiger partial charge in [-0.3, -0.25) is 0 Å². The van der Waals surface area contributed by atoms with Gasteiger partial charge in [-0.15, -0.1) is 0 Å². The van der Waals surface area contributed by atoms with Crippen molar-refractivity contribution < 1.29 is 9.47 Å². The number of anilines is 1. The van der Waals surface area contributed by atoms with Crippen LogP contribution in [0.15, 0.2) is 24.3 Å². The van der Waals surface area contributed by atoms with E-state index in [2.05, 4.69) is 17.0 Å². The second-order valence-corrected chi connectivity index (χ2v) is 5.21. The minimum Gasteiger partial charge on any atom is -0.488 e. The Labute approximate surface area is 115 Å². The monoisotopic (exact) mass is 264 g/mol. The van der Waals surface area contributed by atoms with Gasteiger partial charge in [0.1, 0.15) is 11.9 Å². The highest BCUT2D eigenvalue weighted by atomic mass is 16.5. The predicted octanol–water partition coefficient (Wildman–Crippen LogP) is 2.03. The largest absolute Gasteiger partial charge is 0.488 e. The molecule has 1 aliphatic rings. The van der Waals surface area contributed by atoms with Crippen molar-refractivity contribution in [3.05, 3.63) is 24.3 Å². The smallest absolute Gasteiger partial charge is 0.121 e. The number of ether oxygens (including phenoxy) is 2. The predicted molar refractivity (Wildman–Crippen MR) is 77.8 cm³/mol. The molecule has 0 radical (unpaired) electrons. The number of nitrogens with two attached hydrogens (primary N) is 1. The Bertz CT molecular complexity index is 389. The number of piperidine rings is 1. The van der Waals surface area contributed by atoms with Crippen LogP contribution >= 0.6 is 0 Å². The van der Waals surface area contributed by atoms with Gasteiger partial charge in [0.25, 0.3) is 0 Å². The molecule has 0 spiro atoms. The van der Waals surface area contributed by atoms with Gasteiger partial charge in [0.05, 0.1) is 6.61 Å². The number of hydrogen-bond acceptors (Lipinski definition) is 4. The first kappa shape index (κ1) is 14.2. The lowest BCUT2D eigenvalue weighted by Gasteiger charge is -2.32. The van der Waals surface area contributed by atoms with Crippen LogP contribution in [0, 0.1) is 0 Å². The lowest BCUT2D eigenvalue weighted by Crippen LogP contribution is -2.39. The molecule has 0 amide bonds. The van der Waals surface area contributed by atoms with Gasteiger partial charge >= 0.3 is 0 Å². The van der Waals surface area contributed by atoms with Crippen molar-refractivity contribution in [2.24, 2.45) is 5.73 Å². The molecular weight excluding hydrogens is 240 g/mol. The maximum Gasteiger partial charge on any atom is 0.121 e. The summed E-state index contributed by atoms with van der Waals surface area (Å²) in [5.41, 5.74) is 7.16. The summed E-state index contributed by atoms with van der Waals surface area (Å²) < 4.78 is 10.9. The van der Waals surface area contributed by atoms with Crippen molar-refractivity contribution >= 4 is 5.69 Å². The maximum atomic E-state index is 5.94. The second kappa shape index (κ2) is 6.78. The van der Waals surface area contributed by atoms with Crippen molar-refractivity contribution in [1.82, 2.24) is 0 Å². The summed E-state index contributed by atoms with van der Waals surface area (Å²) in [4.78, 5) is 2.37. The number of nitrogens with zero attached hydrogens (tertiary/aromatic N) is 1. The van der Waals surface area contributed by atoms with Gasteiger partial charge in [-0.2, -0.15) is 0 Å². The fourth-order valence-electron chi connectivity index (χ4n) is 2.41. The highest BCUT2D eigenvalue weighted by Gasteiger charge is 2.16. The summed E-state index contributed by atoms with van der Waals surface area (Å²) >= 11 is 0. The van der Waals surface area contributed by atoms with Gasteiger partial charge in [0, 0.05) is 38.0 Å². The third kappa shape index (κ3) is 4.11. The number of rotatable bonds is 5. The minimum atomic E-state index is 0.0648. The van der Waals surface area contributed by atoms with Crippen LogP contribution in [0.4, 0.5) is 5.69 Å². The number of hydrogen-bond donors (Lipinski definition) is 1. The van der Waals surface area contributed by atoms with Gasteiger partial charge in [-0.05, 0) is 31.9 Å². The van der Waals surface area contributed by atoms with Gasteiger partial charge in [-0.1, -0.05) is 6.07 Å². The molecule has 1 saturated heterocycles. The molecule has 1 heterocycles. The lowest BCUT2D eigenvalue weighted by atomic mass is 10.1.